The fourth-order valence-corrected chi connectivity index (χ4v) is 3.43. The number of rotatable bonds is 7. The molecule has 2 N–H and O–H groups in total. The van der Waals surface area contributed by atoms with Crippen LogP contribution in [-0.2, 0) is 4.79 Å². The van der Waals surface area contributed by atoms with E-state index in [0.717, 1.165) is 22.6 Å². The van der Waals surface area contributed by atoms with Crippen molar-refractivity contribution in [2.75, 3.05) is 17.3 Å². The zero-order chi connectivity index (χ0) is 19.1. The molecule has 0 fully saturated rings. The van der Waals surface area contributed by atoms with E-state index in [1.54, 1.807) is 23.9 Å². The van der Waals surface area contributed by atoms with Gasteiger partial charge in [0.15, 0.2) is 0 Å². The van der Waals surface area contributed by atoms with Crippen LogP contribution in [0.2, 0.25) is 0 Å². The summed E-state index contributed by atoms with van der Waals surface area (Å²) in [4.78, 5) is 25.4. The Labute approximate surface area is 167 Å². The van der Waals surface area contributed by atoms with Crippen LogP contribution in [0.4, 0.5) is 5.69 Å². The number of thioether (sulfide) groups is 1. The molecule has 1 atom stereocenters. The molecule has 0 saturated heterocycles. The molecule has 0 radical (unpaired) electrons. The lowest BCUT2D eigenvalue weighted by Crippen LogP contribution is -2.44. The normalized spacial score (nSPS) is 11.7. The quantitative estimate of drug-likeness (QED) is 0.671. The van der Waals surface area contributed by atoms with Gasteiger partial charge in [-0.2, -0.15) is 11.8 Å². The van der Waals surface area contributed by atoms with Gasteiger partial charge in [-0.25, -0.2) is 0 Å². The van der Waals surface area contributed by atoms with Crippen LogP contribution in [0.25, 0.3) is 0 Å². The molecule has 0 saturated carbocycles. The number of carbonyl (C=O) groups is 2. The minimum Gasteiger partial charge on any atom is -0.340 e. The van der Waals surface area contributed by atoms with Gasteiger partial charge in [-0.1, -0.05) is 24.3 Å². The molecule has 2 aromatic rings. The van der Waals surface area contributed by atoms with Crippen LogP contribution in [-0.4, -0.2) is 29.9 Å². The van der Waals surface area contributed by atoms with E-state index in [4.69, 9.17) is 0 Å². The molecule has 2 aromatic carbocycles. The van der Waals surface area contributed by atoms with Crippen LogP contribution in [0.5, 0.6) is 0 Å². The molecule has 2 rings (SSSR count). The van der Waals surface area contributed by atoms with Gasteiger partial charge in [-0.15, -0.1) is 0 Å². The number of carbonyl (C=O) groups excluding carboxylic acids is 2. The molecule has 0 aliphatic rings. The third-order valence-electron chi connectivity index (χ3n) is 4.21. The Hall–Kier alpha value is -1.79. The Bertz CT molecular complexity index is 795. The highest BCUT2D eigenvalue weighted by Gasteiger charge is 2.22. The molecule has 0 bridgehead atoms. The third kappa shape index (κ3) is 5.35. The number of benzene rings is 2. The van der Waals surface area contributed by atoms with E-state index in [9.17, 15) is 9.59 Å². The fraction of sp³-hybridized carbons (Fsp3) is 0.300. The van der Waals surface area contributed by atoms with Crippen molar-refractivity contribution in [2.45, 2.75) is 26.3 Å². The molecule has 4 nitrogen and oxygen atoms in total. The summed E-state index contributed by atoms with van der Waals surface area (Å²) in [5.74, 6) is 0.314. The van der Waals surface area contributed by atoms with Crippen molar-refractivity contribution in [1.29, 1.82) is 0 Å². The first kappa shape index (κ1) is 20.5. The third-order valence-corrected chi connectivity index (χ3v) is 5.55. The van der Waals surface area contributed by atoms with Gasteiger partial charge in [0, 0.05) is 10.2 Å². The number of hydrogen-bond acceptors (Lipinski definition) is 3. The summed E-state index contributed by atoms with van der Waals surface area (Å²) >= 11 is 5.03. The van der Waals surface area contributed by atoms with Crippen molar-refractivity contribution in [3.8, 4) is 0 Å². The van der Waals surface area contributed by atoms with E-state index in [1.165, 1.54) is 0 Å². The van der Waals surface area contributed by atoms with Crippen molar-refractivity contribution in [3.63, 3.8) is 0 Å². The van der Waals surface area contributed by atoms with Gasteiger partial charge in [-0.05, 0) is 77.5 Å². The summed E-state index contributed by atoms with van der Waals surface area (Å²) in [5, 5.41) is 5.83. The zero-order valence-electron chi connectivity index (χ0n) is 15.1. The van der Waals surface area contributed by atoms with E-state index >= 15 is 0 Å². The number of hydrogen-bond donors (Lipinski definition) is 2. The topological polar surface area (TPSA) is 58.2 Å². The lowest BCUT2D eigenvalue weighted by Gasteiger charge is -2.19. The van der Waals surface area contributed by atoms with Crippen LogP contribution in [0.1, 0.15) is 27.9 Å². The van der Waals surface area contributed by atoms with Crippen LogP contribution in [0.3, 0.4) is 0 Å². The molecule has 0 aliphatic heterocycles. The van der Waals surface area contributed by atoms with Crippen molar-refractivity contribution < 1.29 is 9.59 Å². The maximum absolute atomic E-state index is 12.8. The molecule has 0 aromatic heterocycles. The molecule has 0 heterocycles. The van der Waals surface area contributed by atoms with E-state index in [1.807, 2.05) is 50.4 Å². The largest absolute Gasteiger partial charge is 0.340 e. The summed E-state index contributed by atoms with van der Waals surface area (Å²) in [6, 6.07) is 12.4. The minimum atomic E-state index is -0.595. The number of anilines is 1. The first-order valence-corrected chi connectivity index (χ1v) is 10.5. The van der Waals surface area contributed by atoms with E-state index in [-0.39, 0.29) is 11.8 Å². The molecule has 0 spiro atoms. The number of amides is 2. The molecule has 138 valence electrons. The van der Waals surface area contributed by atoms with Gasteiger partial charge < -0.3 is 10.6 Å². The van der Waals surface area contributed by atoms with Gasteiger partial charge in [0.2, 0.25) is 5.91 Å². The van der Waals surface area contributed by atoms with Crippen LogP contribution >= 0.6 is 27.7 Å². The summed E-state index contributed by atoms with van der Waals surface area (Å²) in [5.41, 5.74) is 3.43. The van der Waals surface area contributed by atoms with E-state index < -0.39 is 6.04 Å². The second-order valence-electron chi connectivity index (χ2n) is 6.02. The van der Waals surface area contributed by atoms with Crippen molar-refractivity contribution in [2.24, 2.45) is 0 Å². The summed E-state index contributed by atoms with van der Waals surface area (Å²) < 4.78 is 0.705. The molecule has 6 heteroatoms. The SMILES string of the molecule is CSCCC(NC(=O)c1ccccc1Br)C(=O)Nc1cccc(C)c1C. The zero-order valence-corrected chi connectivity index (χ0v) is 17.5. The highest BCUT2D eigenvalue weighted by atomic mass is 79.9. The fourth-order valence-electron chi connectivity index (χ4n) is 2.49. The van der Waals surface area contributed by atoms with Crippen LogP contribution in [0, 0.1) is 13.8 Å². The Kier molecular flexibility index (Phi) is 7.72. The van der Waals surface area contributed by atoms with Gasteiger partial charge >= 0.3 is 0 Å². The van der Waals surface area contributed by atoms with Crippen molar-refractivity contribution in [1.82, 2.24) is 5.32 Å². The number of nitrogens with one attached hydrogen (secondary N) is 2. The highest BCUT2D eigenvalue weighted by Crippen LogP contribution is 2.19. The van der Waals surface area contributed by atoms with Gasteiger partial charge in [0.05, 0.1) is 5.56 Å². The Morgan fingerprint density at radius 1 is 1.12 bits per heavy atom. The lowest BCUT2D eigenvalue weighted by atomic mass is 10.1. The monoisotopic (exact) mass is 434 g/mol. The molecule has 26 heavy (non-hydrogen) atoms. The van der Waals surface area contributed by atoms with Crippen LogP contribution < -0.4 is 10.6 Å². The van der Waals surface area contributed by atoms with Crippen molar-refractivity contribution >= 4 is 45.2 Å². The molecule has 1 unspecified atom stereocenters. The average Bonchev–Trinajstić information content (AvgIpc) is 2.62. The summed E-state index contributed by atoms with van der Waals surface area (Å²) in [7, 11) is 0. The smallest absolute Gasteiger partial charge is 0.253 e. The average molecular weight is 435 g/mol. The second-order valence-corrected chi connectivity index (χ2v) is 7.86. The lowest BCUT2D eigenvalue weighted by molar-refractivity contribution is -0.118. The first-order chi connectivity index (χ1) is 12.4. The van der Waals surface area contributed by atoms with Crippen LogP contribution in [0.15, 0.2) is 46.9 Å². The predicted molar refractivity (Wildman–Crippen MR) is 113 cm³/mol. The number of aryl methyl sites for hydroxylation is 1. The van der Waals surface area contributed by atoms with Gasteiger partial charge in [-0.3, -0.25) is 9.59 Å². The summed E-state index contributed by atoms with van der Waals surface area (Å²) in [6.07, 6.45) is 2.54. The first-order valence-electron chi connectivity index (χ1n) is 8.35. The number of halogens is 1. The van der Waals surface area contributed by atoms with Crippen molar-refractivity contribution in [3.05, 3.63) is 63.6 Å². The maximum Gasteiger partial charge on any atom is 0.253 e. The Morgan fingerprint density at radius 2 is 1.85 bits per heavy atom. The second kappa shape index (κ2) is 9.78. The Morgan fingerprint density at radius 3 is 2.54 bits per heavy atom. The molecule has 2 amide bonds. The summed E-state index contributed by atoms with van der Waals surface area (Å²) in [6.45, 7) is 3.98. The van der Waals surface area contributed by atoms with Gasteiger partial charge in [0.1, 0.15) is 6.04 Å². The highest BCUT2D eigenvalue weighted by molar-refractivity contribution is 9.10. The molecular formula is C20H23BrN2O2S. The minimum absolute atomic E-state index is 0.201. The molecular weight excluding hydrogens is 412 g/mol. The van der Waals surface area contributed by atoms with E-state index in [2.05, 4.69) is 26.6 Å². The maximum atomic E-state index is 12.8. The van der Waals surface area contributed by atoms with E-state index in [0.29, 0.717) is 16.5 Å². The standard InChI is InChI=1S/C20H23BrN2O2S/c1-13-7-6-10-17(14(13)2)22-20(25)18(11-12-26-3)23-19(24)15-8-4-5-9-16(15)21/h4-10,18H,11-12H2,1-3H3,(H,22,25)(H,23,24). The predicted octanol–water partition coefficient (Wildman–Crippen LogP) is 4.56. The Balaban J connectivity index is 2.15. The molecule has 0 aliphatic carbocycles. The van der Waals surface area contributed by atoms with Gasteiger partial charge in [0.25, 0.3) is 5.91 Å².